The molecule has 1 aromatic heterocycles. The van der Waals surface area contributed by atoms with E-state index in [4.69, 9.17) is 5.11 Å². The van der Waals surface area contributed by atoms with E-state index in [0.29, 0.717) is 13.1 Å². The summed E-state index contributed by atoms with van der Waals surface area (Å²) in [6.45, 7) is 13.8. The second kappa shape index (κ2) is 8.60. The lowest BCUT2D eigenvalue weighted by molar-refractivity contribution is -0.123. The number of aliphatic hydroxyl groups is 1. The molecule has 1 amide bonds. The van der Waals surface area contributed by atoms with Gasteiger partial charge in [0, 0.05) is 50.0 Å². The molecule has 2 rings (SSSR count). The van der Waals surface area contributed by atoms with Crippen LogP contribution in [0.3, 0.4) is 0 Å². The summed E-state index contributed by atoms with van der Waals surface area (Å²) in [5, 5.41) is 16.6. The van der Waals surface area contributed by atoms with E-state index < -0.39 is 0 Å². The van der Waals surface area contributed by atoms with Crippen LogP contribution in [-0.4, -0.2) is 76.0 Å². The minimum atomic E-state index is 0.107. The van der Waals surface area contributed by atoms with Gasteiger partial charge < -0.3 is 10.4 Å². The van der Waals surface area contributed by atoms with Crippen molar-refractivity contribution in [2.24, 2.45) is 0 Å². The Morgan fingerprint density at radius 1 is 1.21 bits per heavy atom. The average molecular weight is 337 g/mol. The Bertz CT molecular complexity index is 547. The summed E-state index contributed by atoms with van der Waals surface area (Å²) < 4.78 is 1.89. The van der Waals surface area contributed by atoms with Crippen molar-refractivity contribution >= 4 is 5.91 Å². The van der Waals surface area contributed by atoms with Crippen LogP contribution < -0.4 is 5.32 Å². The number of aromatic nitrogens is 2. The van der Waals surface area contributed by atoms with Gasteiger partial charge in [-0.05, 0) is 27.7 Å². The van der Waals surface area contributed by atoms with Crippen LogP contribution in [0, 0.1) is 13.8 Å². The fourth-order valence-corrected chi connectivity index (χ4v) is 3.18. The second-order valence-corrected chi connectivity index (χ2v) is 6.87. The van der Waals surface area contributed by atoms with Crippen LogP contribution >= 0.6 is 0 Å². The molecule has 0 atom stereocenters. The zero-order valence-corrected chi connectivity index (χ0v) is 15.4. The van der Waals surface area contributed by atoms with Gasteiger partial charge >= 0.3 is 0 Å². The molecule has 0 radical (unpaired) electrons. The fraction of sp³-hybridized carbons (Fsp3) is 0.765. The largest absolute Gasteiger partial charge is 0.394 e. The van der Waals surface area contributed by atoms with E-state index in [-0.39, 0.29) is 18.6 Å². The number of rotatable bonds is 7. The summed E-state index contributed by atoms with van der Waals surface area (Å²) in [6.07, 6.45) is 0. The molecule has 0 bridgehead atoms. The molecule has 1 aliphatic rings. The minimum absolute atomic E-state index is 0.107. The van der Waals surface area contributed by atoms with Crippen molar-refractivity contribution in [3.8, 4) is 0 Å². The van der Waals surface area contributed by atoms with Crippen molar-refractivity contribution in [3.63, 3.8) is 0 Å². The number of carbonyl (C=O) groups is 1. The molecule has 0 aromatic carbocycles. The standard InChI is InChI=1S/C17H31N5O2/c1-13(2)18-17(24)12-21-7-5-20(6-8-21)11-16-14(3)19-22(9-10-23)15(16)4/h13,23H,5-12H2,1-4H3,(H,18,24). The van der Waals surface area contributed by atoms with Crippen molar-refractivity contribution < 1.29 is 9.90 Å². The molecule has 1 saturated heterocycles. The molecule has 136 valence electrons. The van der Waals surface area contributed by atoms with Crippen LogP contribution in [0.25, 0.3) is 0 Å². The van der Waals surface area contributed by atoms with Gasteiger partial charge in [-0.2, -0.15) is 5.10 Å². The van der Waals surface area contributed by atoms with E-state index in [2.05, 4.69) is 27.1 Å². The van der Waals surface area contributed by atoms with Crippen LogP contribution in [0.5, 0.6) is 0 Å². The maximum atomic E-state index is 11.9. The first-order valence-corrected chi connectivity index (χ1v) is 8.78. The van der Waals surface area contributed by atoms with E-state index in [9.17, 15) is 4.79 Å². The summed E-state index contributed by atoms with van der Waals surface area (Å²) >= 11 is 0. The fourth-order valence-electron chi connectivity index (χ4n) is 3.18. The third-order valence-electron chi connectivity index (χ3n) is 4.51. The van der Waals surface area contributed by atoms with Crippen LogP contribution in [-0.2, 0) is 17.9 Å². The number of piperazine rings is 1. The summed E-state index contributed by atoms with van der Waals surface area (Å²) in [7, 11) is 0. The molecule has 0 spiro atoms. The van der Waals surface area contributed by atoms with Crippen LogP contribution in [0.1, 0.15) is 30.8 Å². The highest BCUT2D eigenvalue weighted by molar-refractivity contribution is 5.78. The van der Waals surface area contributed by atoms with Crippen molar-refractivity contribution in [3.05, 3.63) is 17.0 Å². The van der Waals surface area contributed by atoms with Crippen molar-refractivity contribution in [2.75, 3.05) is 39.3 Å². The van der Waals surface area contributed by atoms with Gasteiger partial charge in [-0.15, -0.1) is 0 Å². The Morgan fingerprint density at radius 2 is 1.83 bits per heavy atom. The number of amides is 1. The topological polar surface area (TPSA) is 73.6 Å². The smallest absolute Gasteiger partial charge is 0.234 e. The molecular weight excluding hydrogens is 306 g/mol. The number of aryl methyl sites for hydroxylation is 1. The normalized spacial score (nSPS) is 16.8. The number of hydrogen-bond donors (Lipinski definition) is 2. The Morgan fingerprint density at radius 3 is 2.42 bits per heavy atom. The number of nitrogens with zero attached hydrogens (tertiary/aromatic N) is 4. The number of nitrogens with one attached hydrogen (secondary N) is 1. The predicted molar refractivity (Wildman–Crippen MR) is 93.8 cm³/mol. The molecule has 1 aromatic rings. The predicted octanol–water partition coefficient (Wildman–Crippen LogP) is 0.134. The quantitative estimate of drug-likeness (QED) is 0.740. The third kappa shape index (κ3) is 5.03. The zero-order valence-electron chi connectivity index (χ0n) is 15.4. The Hall–Kier alpha value is -1.44. The van der Waals surface area contributed by atoms with Gasteiger partial charge in [-0.1, -0.05) is 0 Å². The molecule has 0 unspecified atom stereocenters. The number of hydrogen-bond acceptors (Lipinski definition) is 5. The molecule has 1 fully saturated rings. The molecule has 1 aliphatic heterocycles. The maximum absolute atomic E-state index is 11.9. The maximum Gasteiger partial charge on any atom is 0.234 e. The summed E-state index contributed by atoms with van der Waals surface area (Å²) in [5.74, 6) is 0.107. The van der Waals surface area contributed by atoms with Gasteiger partial charge in [0.25, 0.3) is 0 Å². The van der Waals surface area contributed by atoms with Gasteiger partial charge in [0.1, 0.15) is 0 Å². The lowest BCUT2D eigenvalue weighted by Gasteiger charge is -2.34. The molecule has 24 heavy (non-hydrogen) atoms. The number of carbonyl (C=O) groups excluding carboxylic acids is 1. The Kier molecular flexibility index (Phi) is 6.77. The lowest BCUT2D eigenvalue weighted by Crippen LogP contribution is -2.49. The highest BCUT2D eigenvalue weighted by Crippen LogP contribution is 2.16. The van der Waals surface area contributed by atoms with E-state index in [0.717, 1.165) is 44.1 Å². The molecule has 2 N–H and O–H groups in total. The first kappa shape index (κ1) is 18.9. The average Bonchev–Trinajstić information content (AvgIpc) is 2.76. The summed E-state index contributed by atoms with van der Waals surface area (Å²) in [5.41, 5.74) is 3.44. The Labute approximate surface area is 144 Å². The van der Waals surface area contributed by atoms with Crippen LogP contribution in [0.4, 0.5) is 0 Å². The van der Waals surface area contributed by atoms with Crippen LogP contribution in [0.15, 0.2) is 0 Å². The second-order valence-electron chi connectivity index (χ2n) is 6.87. The van der Waals surface area contributed by atoms with E-state index in [1.165, 1.54) is 5.56 Å². The first-order valence-electron chi connectivity index (χ1n) is 8.78. The summed E-state index contributed by atoms with van der Waals surface area (Å²) in [4.78, 5) is 16.5. The molecule has 7 heteroatoms. The van der Waals surface area contributed by atoms with Gasteiger partial charge in [-0.25, -0.2) is 0 Å². The van der Waals surface area contributed by atoms with Crippen molar-refractivity contribution in [2.45, 2.75) is 46.8 Å². The van der Waals surface area contributed by atoms with Gasteiger partial charge in [0.05, 0.1) is 25.4 Å². The van der Waals surface area contributed by atoms with Crippen molar-refractivity contribution in [1.29, 1.82) is 0 Å². The molecule has 7 nitrogen and oxygen atoms in total. The minimum Gasteiger partial charge on any atom is -0.394 e. The molecule has 0 saturated carbocycles. The van der Waals surface area contributed by atoms with Gasteiger partial charge in [0.15, 0.2) is 0 Å². The zero-order chi connectivity index (χ0) is 17.7. The SMILES string of the molecule is Cc1nn(CCO)c(C)c1CN1CCN(CC(=O)NC(C)C)CC1. The lowest BCUT2D eigenvalue weighted by atomic mass is 10.1. The van der Waals surface area contributed by atoms with Gasteiger partial charge in [0.2, 0.25) is 5.91 Å². The van der Waals surface area contributed by atoms with E-state index >= 15 is 0 Å². The third-order valence-corrected chi connectivity index (χ3v) is 4.51. The highest BCUT2D eigenvalue weighted by atomic mass is 16.3. The van der Waals surface area contributed by atoms with E-state index in [1.54, 1.807) is 0 Å². The molecule has 2 heterocycles. The monoisotopic (exact) mass is 337 g/mol. The Balaban J connectivity index is 1.84. The first-order chi connectivity index (χ1) is 11.4. The summed E-state index contributed by atoms with van der Waals surface area (Å²) in [6, 6.07) is 0.195. The number of aliphatic hydroxyl groups excluding tert-OH is 1. The molecular formula is C17H31N5O2. The van der Waals surface area contributed by atoms with Crippen molar-refractivity contribution in [1.82, 2.24) is 24.9 Å². The van der Waals surface area contributed by atoms with Crippen LogP contribution in [0.2, 0.25) is 0 Å². The molecule has 0 aliphatic carbocycles. The van der Waals surface area contributed by atoms with E-state index in [1.807, 2.05) is 25.5 Å². The van der Waals surface area contributed by atoms with Gasteiger partial charge in [-0.3, -0.25) is 19.3 Å². The highest BCUT2D eigenvalue weighted by Gasteiger charge is 2.21.